The van der Waals surface area contributed by atoms with Gasteiger partial charge >= 0.3 is 0 Å². The maximum Gasteiger partial charge on any atom is 0.264 e. The number of nitrogens with one attached hydrogen (secondary N) is 1. The summed E-state index contributed by atoms with van der Waals surface area (Å²) in [5.74, 6) is -0.503. The van der Waals surface area contributed by atoms with Crippen LogP contribution in [0.5, 0.6) is 11.5 Å². The molecule has 0 fully saturated rings. The number of amides is 2. The second-order valence-corrected chi connectivity index (χ2v) is 12.2. The molecule has 4 rings (SSSR count). The quantitative estimate of drug-likeness (QED) is 0.190. The molecular formula is C35H38FN3O6S. The zero-order valence-corrected chi connectivity index (χ0v) is 26.9. The number of benzene rings is 4. The Morgan fingerprint density at radius 1 is 0.848 bits per heavy atom. The molecule has 4 aromatic rings. The minimum Gasteiger partial charge on any atom is -0.497 e. The van der Waals surface area contributed by atoms with Gasteiger partial charge < -0.3 is 19.7 Å². The van der Waals surface area contributed by atoms with Gasteiger partial charge in [0.05, 0.1) is 24.3 Å². The van der Waals surface area contributed by atoms with E-state index in [4.69, 9.17) is 9.47 Å². The van der Waals surface area contributed by atoms with Crippen LogP contribution in [0.2, 0.25) is 0 Å². The van der Waals surface area contributed by atoms with Crippen molar-refractivity contribution in [1.29, 1.82) is 0 Å². The molecule has 242 valence electrons. The highest BCUT2D eigenvalue weighted by Gasteiger charge is 2.34. The Labute approximate surface area is 269 Å². The molecule has 11 heteroatoms. The maximum absolute atomic E-state index is 14.5. The number of carbonyl (C=O) groups is 2. The third-order valence-electron chi connectivity index (χ3n) is 7.23. The molecule has 1 N–H and O–H groups in total. The summed E-state index contributed by atoms with van der Waals surface area (Å²) in [6.45, 7) is 3.73. The first-order valence-electron chi connectivity index (χ1n) is 14.9. The number of ether oxygens (including phenoxy) is 2. The van der Waals surface area contributed by atoms with E-state index in [-0.39, 0.29) is 29.5 Å². The SMILES string of the molecule is CCNC(=O)[C@@H](Cc1ccccc1)N(Cc1cccc(OC)c1)C(=O)CN(c1ccc(OCC)cc1)S(=O)(=O)c1ccc(F)cc1. The van der Waals surface area contributed by atoms with E-state index in [0.717, 1.165) is 34.1 Å². The fraction of sp³-hybridized carbons (Fsp3) is 0.257. The summed E-state index contributed by atoms with van der Waals surface area (Å²) >= 11 is 0. The van der Waals surface area contributed by atoms with Gasteiger partial charge in [-0.05, 0) is 85.6 Å². The minimum atomic E-state index is -4.37. The van der Waals surface area contributed by atoms with Crippen molar-refractivity contribution in [3.05, 3.63) is 120 Å². The average Bonchev–Trinajstić information content (AvgIpc) is 3.06. The van der Waals surface area contributed by atoms with Crippen LogP contribution in [0, 0.1) is 5.82 Å². The third-order valence-corrected chi connectivity index (χ3v) is 9.01. The Balaban J connectivity index is 1.80. The topological polar surface area (TPSA) is 105 Å². The van der Waals surface area contributed by atoms with Crippen molar-refractivity contribution in [2.75, 3.05) is 31.1 Å². The zero-order valence-electron chi connectivity index (χ0n) is 26.1. The van der Waals surface area contributed by atoms with Crippen molar-refractivity contribution < 1.29 is 31.9 Å². The first-order valence-corrected chi connectivity index (χ1v) is 16.4. The van der Waals surface area contributed by atoms with Crippen LogP contribution in [0.4, 0.5) is 10.1 Å². The van der Waals surface area contributed by atoms with Crippen molar-refractivity contribution in [2.45, 2.75) is 37.8 Å². The molecule has 0 unspecified atom stereocenters. The van der Waals surface area contributed by atoms with Gasteiger partial charge in [0, 0.05) is 19.5 Å². The highest BCUT2D eigenvalue weighted by Crippen LogP contribution is 2.27. The predicted octanol–water partition coefficient (Wildman–Crippen LogP) is 5.20. The zero-order chi connectivity index (χ0) is 33.1. The Morgan fingerprint density at radius 2 is 1.52 bits per heavy atom. The molecular weight excluding hydrogens is 609 g/mol. The summed E-state index contributed by atoms with van der Waals surface area (Å²) in [4.78, 5) is 29.3. The highest BCUT2D eigenvalue weighted by atomic mass is 32.2. The van der Waals surface area contributed by atoms with Crippen LogP contribution in [0.3, 0.4) is 0 Å². The van der Waals surface area contributed by atoms with E-state index in [9.17, 15) is 22.4 Å². The first kappa shape index (κ1) is 34.0. The van der Waals surface area contributed by atoms with E-state index in [2.05, 4.69) is 5.32 Å². The lowest BCUT2D eigenvalue weighted by atomic mass is 10.0. The van der Waals surface area contributed by atoms with Gasteiger partial charge in [0.1, 0.15) is 29.9 Å². The van der Waals surface area contributed by atoms with E-state index in [1.54, 1.807) is 43.3 Å². The molecule has 0 bridgehead atoms. The number of anilines is 1. The van der Waals surface area contributed by atoms with Crippen molar-refractivity contribution in [3.8, 4) is 11.5 Å². The van der Waals surface area contributed by atoms with Gasteiger partial charge in [-0.1, -0.05) is 42.5 Å². The van der Waals surface area contributed by atoms with Gasteiger partial charge in [0.2, 0.25) is 11.8 Å². The number of sulfonamides is 1. The number of hydrogen-bond acceptors (Lipinski definition) is 6. The Bertz CT molecular complexity index is 1700. The van der Waals surface area contributed by atoms with Gasteiger partial charge in [-0.2, -0.15) is 0 Å². The number of hydrogen-bond donors (Lipinski definition) is 1. The molecule has 0 radical (unpaired) electrons. The number of halogens is 1. The van der Waals surface area contributed by atoms with Crippen LogP contribution in [0.15, 0.2) is 108 Å². The molecule has 0 aromatic heterocycles. The Hall–Kier alpha value is -4.90. The van der Waals surface area contributed by atoms with E-state index in [1.165, 1.54) is 24.1 Å². The van der Waals surface area contributed by atoms with Crippen molar-refractivity contribution in [3.63, 3.8) is 0 Å². The summed E-state index contributed by atoms with van der Waals surface area (Å²) < 4.78 is 53.8. The number of likely N-dealkylation sites (N-methyl/N-ethyl adjacent to an activating group) is 1. The summed E-state index contributed by atoms with van der Waals surface area (Å²) in [6.07, 6.45) is 0.191. The van der Waals surface area contributed by atoms with Crippen molar-refractivity contribution in [1.82, 2.24) is 10.2 Å². The van der Waals surface area contributed by atoms with Crippen LogP contribution in [0.1, 0.15) is 25.0 Å². The summed E-state index contributed by atoms with van der Waals surface area (Å²) in [6, 6.07) is 26.1. The van der Waals surface area contributed by atoms with Gasteiger partial charge in [-0.25, -0.2) is 12.8 Å². The smallest absolute Gasteiger partial charge is 0.264 e. The van der Waals surface area contributed by atoms with Gasteiger partial charge in [0.15, 0.2) is 0 Å². The lowest BCUT2D eigenvalue weighted by Crippen LogP contribution is -2.53. The third kappa shape index (κ3) is 8.63. The van der Waals surface area contributed by atoms with E-state index >= 15 is 0 Å². The van der Waals surface area contributed by atoms with Crippen LogP contribution < -0.4 is 19.1 Å². The lowest BCUT2D eigenvalue weighted by molar-refractivity contribution is -0.140. The van der Waals surface area contributed by atoms with Crippen molar-refractivity contribution >= 4 is 27.5 Å². The fourth-order valence-electron chi connectivity index (χ4n) is 4.95. The normalized spacial score (nSPS) is 11.7. The molecule has 0 saturated carbocycles. The second kappa shape index (κ2) is 15.9. The molecule has 0 heterocycles. The first-order chi connectivity index (χ1) is 22.2. The molecule has 0 saturated heterocycles. The molecule has 2 amide bonds. The van der Waals surface area contributed by atoms with E-state index in [0.29, 0.717) is 30.2 Å². The molecule has 0 aliphatic heterocycles. The Kier molecular flexibility index (Phi) is 11.7. The molecule has 0 aliphatic rings. The molecule has 0 spiro atoms. The average molecular weight is 648 g/mol. The summed E-state index contributed by atoms with van der Waals surface area (Å²) in [5.41, 5.74) is 1.70. The van der Waals surface area contributed by atoms with Gasteiger partial charge in [-0.3, -0.25) is 13.9 Å². The number of methoxy groups -OCH3 is 1. The number of nitrogens with zero attached hydrogens (tertiary/aromatic N) is 2. The summed E-state index contributed by atoms with van der Waals surface area (Å²) in [7, 11) is -2.83. The molecule has 4 aromatic carbocycles. The van der Waals surface area contributed by atoms with Crippen LogP contribution in [0.25, 0.3) is 0 Å². The Morgan fingerprint density at radius 3 is 2.15 bits per heavy atom. The van der Waals surface area contributed by atoms with Crippen LogP contribution in [-0.2, 0) is 32.6 Å². The fourth-order valence-corrected chi connectivity index (χ4v) is 6.37. The molecule has 1 atom stereocenters. The minimum absolute atomic E-state index is 0.00161. The molecule has 9 nitrogen and oxygen atoms in total. The largest absolute Gasteiger partial charge is 0.497 e. The summed E-state index contributed by atoms with van der Waals surface area (Å²) in [5, 5.41) is 2.84. The lowest BCUT2D eigenvalue weighted by Gasteiger charge is -2.34. The predicted molar refractivity (Wildman–Crippen MR) is 175 cm³/mol. The standard InChI is InChI=1S/C35H38FN3O6S/c1-4-37-35(41)33(23-26-10-7-6-8-11-26)38(24-27-12-9-13-31(22-27)44-3)34(40)25-39(29-16-18-30(19-17-29)45-5-2)46(42,43)32-20-14-28(36)15-21-32/h6-22,33H,4-5,23-25H2,1-3H3,(H,37,41)/t33-/m1/s1. The molecule has 46 heavy (non-hydrogen) atoms. The van der Waals surface area contributed by atoms with Gasteiger partial charge in [0.25, 0.3) is 10.0 Å². The van der Waals surface area contributed by atoms with Crippen LogP contribution in [-0.4, -0.2) is 58.0 Å². The maximum atomic E-state index is 14.5. The monoisotopic (exact) mass is 647 g/mol. The number of carbonyl (C=O) groups excluding carboxylic acids is 2. The number of rotatable bonds is 15. The van der Waals surface area contributed by atoms with Crippen LogP contribution >= 0.6 is 0 Å². The molecule has 0 aliphatic carbocycles. The van der Waals surface area contributed by atoms with Crippen molar-refractivity contribution in [2.24, 2.45) is 0 Å². The van der Waals surface area contributed by atoms with Gasteiger partial charge in [-0.15, -0.1) is 0 Å². The second-order valence-electron chi connectivity index (χ2n) is 10.4. The highest BCUT2D eigenvalue weighted by molar-refractivity contribution is 7.92. The van der Waals surface area contributed by atoms with E-state index < -0.39 is 34.3 Å². The van der Waals surface area contributed by atoms with E-state index in [1.807, 2.05) is 37.3 Å².